The Hall–Kier alpha value is -3.46. The minimum atomic E-state index is -0.532. The molecule has 0 saturated heterocycles. The lowest BCUT2D eigenvalue weighted by Crippen LogP contribution is -2.22. The molecule has 3 aromatic rings. The molecule has 0 aliphatic rings. The van der Waals surface area contributed by atoms with E-state index >= 15 is 0 Å². The highest BCUT2D eigenvalue weighted by Crippen LogP contribution is 2.28. The number of aromatic nitrogens is 1. The Kier molecular flexibility index (Phi) is 6.63. The number of esters is 1. The fourth-order valence-electron chi connectivity index (χ4n) is 2.73. The second kappa shape index (κ2) is 9.36. The van der Waals surface area contributed by atoms with E-state index in [9.17, 15) is 14.0 Å². The van der Waals surface area contributed by atoms with E-state index in [0.29, 0.717) is 21.7 Å². The second-order valence-electron chi connectivity index (χ2n) is 6.06. The van der Waals surface area contributed by atoms with Gasteiger partial charge < -0.3 is 18.8 Å². The molecule has 1 aromatic heterocycles. The average Bonchev–Trinajstić information content (AvgIpc) is 3.07. The third-order valence-electron chi connectivity index (χ3n) is 4.19. The summed E-state index contributed by atoms with van der Waals surface area (Å²) < 4.78 is 30.8. The van der Waals surface area contributed by atoms with Crippen LogP contribution >= 0.6 is 11.3 Å². The molecule has 3 rings (SSSR count). The molecule has 0 atom stereocenters. The van der Waals surface area contributed by atoms with Crippen molar-refractivity contribution >= 4 is 39.5 Å². The highest BCUT2D eigenvalue weighted by molar-refractivity contribution is 7.16. The zero-order valence-electron chi connectivity index (χ0n) is 16.5. The van der Waals surface area contributed by atoms with Crippen LogP contribution in [0.3, 0.4) is 0 Å². The Morgan fingerprint density at radius 2 is 1.87 bits per heavy atom. The van der Waals surface area contributed by atoms with Crippen LogP contribution in [0.15, 0.2) is 47.5 Å². The molecule has 0 aliphatic carbocycles. The van der Waals surface area contributed by atoms with Crippen molar-refractivity contribution in [2.24, 2.45) is 4.99 Å². The molecule has 0 spiro atoms. The lowest BCUT2D eigenvalue weighted by atomic mass is 10.2. The minimum Gasteiger partial charge on any atom is -0.493 e. The molecule has 7 nitrogen and oxygen atoms in total. The van der Waals surface area contributed by atoms with E-state index in [2.05, 4.69) is 4.99 Å². The number of ether oxygens (including phenoxy) is 3. The molecular weight excluding hydrogens is 411 g/mol. The molecule has 9 heteroatoms. The molecule has 0 aliphatic heterocycles. The summed E-state index contributed by atoms with van der Waals surface area (Å²) in [6, 6.07) is 9.37. The van der Waals surface area contributed by atoms with Gasteiger partial charge in [0.2, 0.25) is 0 Å². The van der Waals surface area contributed by atoms with Crippen molar-refractivity contribution in [3.63, 3.8) is 0 Å². The number of carbonyl (C=O) groups excluding carboxylic acids is 2. The topological polar surface area (TPSA) is 79.1 Å². The standard InChI is InChI=1S/C21H19FN2O5S/c1-27-16-8-4-13(10-17(16)28-2)5-9-19(25)23-21-24(12-20(26)29-3)15-7-6-14(22)11-18(15)30-21/h4-11H,12H2,1-3H3. The van der Waals surface area contributed by atoms with Gasteiger partial charge in [0, 0.05) is 6.08 Å². The minimum absolute atomic E-state index is 0.145. The quantitative estimate of drug-likeness (QED) is 0.443. The number of hydrogen-bond donors (Lipinski definition) is 0. The molecule has 0 N–H and O–H groups in total. The average molecular weight is 430 g/mol. The van der Waals surface area contributed by atoms with Crippen molar-refractivity contribution in [3.05, 3.63) is 58.7 Å². The smallest absolute Gasteiger partial charge is 0.325 e. The van der Waals surface area contributed by atoms with Crippen LogP contribution in [0.25, 0.3) is 16.3 Å². The first-order valence-electron chi connectivity index (χ1n) is 8.79. The summed E-state index contributed by atoms with van der Waals surface area (Å²) in [4.78, 5) is 28.5. The van der Waals surface area contributed by atoms with Gasteiger partial charge in [0.15, 0.2) is 16.3 Å². The monoisotopic (exact) mass is 430 g/mol. The number of fused-ring (bicyclic) bond motifs is 1. The van der Waals surface area contributed by atoms with Crippen LogP contribution in [-0.4, -0.2) is 37.8 Å². The molecule has 30 heavy (non-hydrogen) atoms. The van der Waals surface area contributed by atoms with Gasteiger partial charge in [0.05, 0.1) is 31.5 Å². The Labute approximate surface area is 175 Å². The number of amides is 1. The molecule has 1 amide bonds. The normalized spacial score (nSPS) is 11.8. The third kappa shape index (κ3) is 4.74. The predicted molar refractivity (Wildman–Crippen MR) is 111 cm³/mol. The summed E-state index contributed by atoms with van der Waals surface area (Å²) in [5.41, 5.74) is 1.30. The molecule has 0 radical (unpaired) electrons. The zero-order valence-corrected chi connectivity index (χ0v) is 17.4. The summed E-state index contributed by atoms with van der Waals surface area (Å²) >= 11 is 1.11. The number of hydrogen-bond acceptors (Lipinski definition) is 6. The third-order valence-corrected chi connectivity index (χ3v) is 5.23. The van der Waals surface area contributed by atoms with E-state index in [1.807, 2.05) is 0 Å². The Bertz CT molecular complexity index is 1200. The van der Waals surface area contributed by atoms with Gasteiger partial charge in [-0.2, -0.15) is 4.99 Å². The van der Waals surface area contributed by atoms with E-state index < -0.39 is 17.7 Å². The Morgan fingerprint density at radius 3 is 2.57 bits per heavy atom. The first-order valence-corrected chi connectivity index (χ1v) is 9.61. The summed E-state index contributed by atoms with van der Waals surface area (Å²) in [5.74, 6) is -0.345. The van der Waals surface area contributed by atoms with Gasteiger partial charge in [-0.05, 0) is 42.0 Å². The number of carbonyl (C=O) groups is 2. The first-order chi connectivity index (χ1) is 14.4. The number of thiazole rings is 1. The zero-order chi connectivity index (χ0) is 21.7. The second-order valence-corrected chi connectivity index (χ2v) is 7.07. The predicted octanol–water partition coefficient (Wildman–Crippen LogP) is 3.17. The van der Waals surface area contributed by atoms with Crippen molar-refractivity contribution in [1.82, 2.24) is 4.57 Å². The van der Waals surface area contributed by atoms with Gasteiger partial charge in [0.25, 0.3) is 5.91 Å². The fourth-order valence-corrected chi connectivity index (χ4v) is 3.79. The van der Waals surface area contributed by atoms with Gasteiger partial charge in [-0.1, -0.05) is 17.4 Å². The van der Waals surface area contributed by atoms with Crippen LogP contribution in [0.4, 0.5) is 4.39 Å². The molecule has 0 unspecified atom stereocenters. The molecule has 1 heterocycles. The van der Waals surface area contributed by atoms with E-state index in [0.717, 1.165) is 16.9 Å². The van der Waals surface area contributed by atoms with Crippen LogP contribution in [0.1, 0.15) is 5.56 Å². The van der Waals surface area contributed by atoms with Gasteiger partial charge in [0.1, 0.15) is 12.4 Å². The largest absolute Gasteiger partial charge is 0.493 e. The number of benzene rings is 2. The SMILES string of the molecule is COC(=O)Cn1c(=NC(=O)C=Cc2ccc(OC)c(OC)c2)sc2cc(F)ccc21. The van der Waals surface area contributed by atoms with Crippen LogP contribution in [0.5, 0.6) is 11.5 Å². The highest BCUT2D eigenvalue weighted by Gasteiger charge is 2.12. The molecule has 0 fully saturated rings. The van der Waals surface area contributed by atoms with Gasteiger partial charge >= 0.3 is 5.97 Å². The van der Waals surface area contributed by atoms with E-state index in [4.69, 9.17) is 14.2 Å². The Morgan fingerprint density at radius 1 is 1.10 bits per heavy atom. The van der Waals surface area contributed by atoms with E-state index in [-0.39, 0.29) is 11.3 Å². The molecule has 0 bridgehead atoms. The lowest BCUT2D eigenvalue weighted by Gasteiger charge is -2.07. The summed E-state index contributed by atoms with van der Waals surface area (Å²) in [6.45, 7) is -0.145. The maximum atomic E-state index is 13.6. The van der Waals surface area contributed by atoms with Crippen molar-refractivity contribution in [2.75, 3.05) is 21.3 Å². The molecule has 156 valence electrons. The van der Waals surface area contributed by atoms with Crippen LogP contribution < -0.4 is 14.3 Å². The first kappa shape index (κ1) is 21.3. The summed E-state index contributed by atoms with van der Waals surface area (Å²) in [7, 11) is 4.33. The number of rotatable bonds is 6. The lowest BCUT2D eigenvalue weighted by molar-refractivity contribution is -0.141. The fraction of sp³-hybridized carbons (Fsp3) is 0.190. The molecular formula is C21H19FN2O5S. The number of methoxy groups -OCH3 is 3. The highest BCUT2D eigenvalue weighted by atomic mass is 32.1. The van der Waals surface area contributed by atoms with Gasteiger partial charge in [-0.25, -0.2) is 4.39 Å². The molecule has 2 aromatic carbocycles. The van der Waals surface area contributed by atoms with Gasteiger partial charge in [-0.3, -0.25) is 9.59 Å². The van der Waals surface area contributed by atoms with Crippen LogP contribution in [0.2, 0.25) is 0 Å². The number of nitrogens with zero attached hydrogens (tertiary/aromatic N) is 2. The van der Waals surface area contributed by atoms with Crippen LogP contribution in [-0.2, 0) is 20.9 Å². The van der Waals surface area contributed by atoms with Crippen molar-refractivity contribution in [2.45, 2.75) is 6.54 Å². The maximum absolute atomic E-state index is 13.6. The van der Waals surface area contributed by atoms with Crippen molar-refractivity contribution in [1.29, 1.82) is 0 Å². The van der Waals surface area contributed by atoms with E-state index in [1.165, 1.54) is 50.2 Å². The van der Waals surface area contributed by atoms with Crippen molar-refractivity contribution in [3.8, 4) is 11.5 Å². The summed E-state index contributed by atoms with van der Waals surface area (Å²) in [5, 5.41) is 0. The van der Waals surface area contributed by atoms with Crippen molar-refractivity contribution < 1.29 is 28.2 Å². The number of halogens is 1. The van der Waals surface area contributed by atoms with Gasteiger partial charge in [-0.15, -0.1) is 0 Å². The maximum Gasteiger partial charge on any atom is 0.325 e. The Balaban J connectivity index is 1.95. The summed E-state index contributed by atoms with van der Waals surface area (Å²) in [6.07, 6.45) is 2.89. The van der Waals surface area contributed by atoms with E-state index in [1.54, 1.807) is 24.3 Å². The van der Waals surface area contributed by atoms with Crippen LogP contribution in [0, 0.1) is 5.82 Å². The molecule has 0 saturated carbocycles.